The van der Waals surface area contributed by atoms with Gasteiger partial charge in [-0.3, -0.25) is 14.4 Å². The smallest absolute Gasteiger partial charge is 0.410 e. The van der Waals surface area contributed by atoms with Crippen molar-refractivity contribution in [3.63, 3.8) is 0 Å². The van der Waals surface area contributed by atoms with Gasteiger partial charge in [-0.05, 0) is 49.8 Å². The molecule has 0 aliphatic heterocycles. The first-order valence-electron chi connectivity index (χ1n) is 13.6. The van der Waals surface area contributed by atoms with E-state index < -0.39 is 23.7 Å². The van der Waals surface area contributed by atoms with E-state index in [1.54, 1.807) is 32.4 Å². The number of anilines is 1. The highest BCUT2D eigenvalue weighted by molar-refractivity contribution is 5.95. The molecule has 1 atom stereocenters. The Labute approximate surface area is 245 Å². The molecule has 0 aliphatic rings. The molecule has 226 valence electrons. The summed E-state index contributed by atoms with van der Waals surface area (Å²) in [4.78, 5) is 70.0. The normalized spacial score (nSPS) is 12.4. The van der Waals surface area contributed by atoms with Crippen LogP contribution >= 0.6 is 0 Å². The lowest BCUT2D eigenvalue weighted by Crippen LogP contribution is -2.37. The fourth-order valence-electron chi connectivity index (χ4n) is 4.01. The number of carbonyl (C=O) groups excluding carboxylic acids is 3. The number of aryl methyl sites for hydroxylation is 1. The summed E-state index contributed by atoms with van der Waals surface area (Å²) in [7, 11) is 6.25. The van der Waals surface area contributed by atoms with Gasteiger partial charge in [-0.15, -0.1) is 0 Å². The van der Waals surface area contributed by atoms with Gasteiger partial charge in [0.1, 0.15) is 22.9 Å². The monoisotopic (exact) mass is 580 g/mol. The van der Waals surface area contributed by atoms with Crippen molar-refractivity contribution in [1.82, 2.24) is 34.3 Å². The average molecular weight is 581 g/mol. The number of allylic oxidation sites excluding steroid dienone is 1. The number of fused-ring (bicyclic) bond motifs is 1. The molecule has 13 heteroatoms. The van der Waals surface area contributed by atoms with Gasteiger partial charge >= 0.3 is 6.09 Å². The van der Waals surface area contributed by atoms with Gasteiger partial charge < -0.3 is 29.4 Å². The Hall–Kier alpha value is -4.55. The molecule has 13 nitrogen and oxygen atoms in total. The maximum atomic E-state index is 13.3. The Morgan fingerprint density at radius 1 is 1.12 bits per heavy atom. The number of rotatable bonds is 10. The van der Waals surface area contributed by atoms with Gasteiger partial charge in [0, 0.05) is 34.4 Å². The van der Waals surface area contributed by atoms with Crippen molar-refractivity contribution < 1.29 is 19.1 Å². The van der Waals surface area contributed by atoms with Crippen molar-refractivity contribution in [2.45, 2.75) is 59.6 Å². The minimum absolute atomic E-state index is 0.00113. The minimum atomic E-state index is -1.19. The van der Waals surface area contributed by atoms with Crippen LogP contribution in [0, 0.1) is 12.3 Å². The van der Waals surface area contributed by atoms with Crippen LogP contribution in [-0.2, 0) is 27.3 Å². The molecule has 3 aromatic rings. The summed E-state index contributed by atoms with van der Waals surface area (Å²) in [5.41, 5.74) is 1.68. The summed E-state index contributed by atoms with van der Waals surface area (Å²) < 4.78 is 6.77. The number of nitrogens with one attached hydrogen (secondary N) is 2. The van der Waals surface area contributed by atoms with E-state index >= 15 is 0 Å². The topological polar surface area (TPSA) is 155 Å². The summed E-state index contributed by atoms with van der Waals surface area (Å²) in [6, 6.07) is 3.11. The van der Waals surface area contributed by atoms with E-state index in [1.165, 1.54) is 40.6 Å². The number of pyridine rings is 1. The predicted molar refractivity (Wildman–Crippen MR) is 159 cm³/mol. The van der Waals surface area contributed by atoms with Crippen LogP contribution in [0.4, 0.5) is 10.5 Å². The lowest BCUT2D eigenvalue weighted by Gasteiger charge is -2.19. The zero-order valence-electron chi connectivity index (χ0n) is 25.5. The van der Waals surface area contributed by atoms with Gasteiger partial charge in [0.05, 0.1) is 12.2 Å². The number of imidazole rings is 1. The summed E-state index contributed by atoms with van der Waals surface area (Å²) >= 11 is 0. The maximum absolute atomic E-state index is 13.3. The lowest BCUT2D eigenvalue weighted by atomic mass is 9.90. The molecule has 2 N–H and O–H groups in total. The molecule has 3 rings (SSSR count). The van der Waals surface area contributed by atoms with E-state index in [9.17, 15) is 19.2 Å². The molecular formula is C29H40N8O5. The number of carbonyl (C=O) groups is 3. The molecule has 3 aromatic heterocycles. The third-order valence-electron chi connectivity index (χ3n) is 6.08. The van der Waals surface area contributed by atoms with Gasteiger partial charge in [0.15, 0.2) is 11.8 Å². The van der Waals surface area contributed by atoms with Crippen LogP contribution in [0.5, 0.6) is 0 Å². The molecule has 0 aliphatic carbocycles. The van der Waals surface area contributed by atoms with Gasteiger partial charge in [-0.25, -0.2) is 19.7 Å². The molecule has 0 saturated carbocycles. The second kappa shape index (κ2) is 13.4. The lowest BCUT2D eigenvalue weighted by molar-refractivity contribution is -0.125. The van der Waals surface area contributed by atoms with Crippen molar-refractivity contribution >= 4 is 34.8 Å². The third-order valence-corrected chi connectivity index (χ3v) is 6.08. The number of aromatic amines is 1. The van der Waals surface area contributed by atoms with Gasteiger partial charge in [-0.1, -0.05) is 26.8 Å². The van der Waals surface area contributed by atoms with Gasteiger partial charge in [0.2, 0.25) is 5.91 Å². The molecule has 0 aromatic carbocycles. The Bertz CT molecular complexity index is 1530. The number of nitrogens with zero attached hydrogens (tertiary/aromatic N) is 6. The Morgan fingerprint density at radius 3 is 2.48 bits per heavy atom. The van der Waals surface area contributed by atoms with Gasteiger partial charge in [0.25, 0.3) is 11.5 Å². The van der Waals surface area contributed by atoms with Crippen molar-refractivity contribution in [3.05, 3.63) is 58.2 Å². The van der Waals surface area contributed by atoms with Crippen molar-refractivity contribution in [3.8, 4) is 0 Å². The minimum Gasteiger partial charge on any atom is -0.436 e. The number of hydrogen-bond donors (Lipinski definition) is 2. The summed E-state index contributed by atoms with van der Waals surface area (Å²) in [6.07, 6.45) is 3.81. The molecule has 0 radical (unpaired) electrons. The molecule has 1 unspecified atom stereocenters. The molecule has 0 spiro atoms. The summed E-state index contributed by atoms with van der Waals surface area (Å²) in [5, 5.41) is 2.60. The zero-order valence-corrected chi connectivity index (χ0v) is 25.5. The number of aromatic nitrogens is 5. The Balaban J connectivity index is 1.80. The van der Waals surface area contributed by atoms with E-state index in [0.717, 1.165) is 17.6 Å². The second-order valence-corrected chi connectivity index (χ2v) is 11.7. The Kier molecular flexibility index (Phi) is 10.2. The first-order valence-corrected chi connectivity index (χ1v) is 13.6. The highest BCUT2D eigenvalue weighted by Crippen LogP contribution is 2.24. The number of likely N-dealkylation sites (N-methyl/N-ethyl adjacent to an activating group) is 1. The molecule has 0 fully saturated rings. The van der Waals surface area contributed by atoms with E-state index in [4.69, 9.17) is 4.74 Å². The molecule has 0 saturated heterocycles. The second-order valence-electron chi connectivity index (χ2n) is 11.7. The van der Waals surface area contributed by atoms with E-state index in [0.29, 0.717) is 23.7 Å². The number of H-pyrrole nitrogens is 1. The van der Waals surface area contributed by atoms with Crippen LogP contribution in [0.2, 0.25) is 0 Å². The summed E-state index contributed by atoms with van der Waals surface area (Å²) in [6.45, 7) is 8.31. The number of amides is 3. The largest absolute Gasteiger partial charge is 0.436 e. The first kappa shape index (κ1) is 32.0. The van der Waals surface area contributed by atoms with Crippen LogP contribution in [0.15, 0.2) is 35.3 Å². The molecule has 3 amide bonds. The highest BCUT2D eigenvalue weighted by atomic mass is 16.6. The number of hydrogen-bond acceptors (Lipinski definition) is 8. The van der Waals surface area contributed by atoms with E-state index in [-0.39, 0.29) is 30.0 Å². The number of ether oxygens (including phenoxy) is 1. The molecular weight excluding hydrogens is 540 g/mol. The predicted octanol–water partition coefficient (Wildman–Crippen LogP) is 2.89. The van der Waals surface area contributed by atoms with Crippen LogP contribution in [0.3, 0.4) is 0 Å². The van der Waals surface area contributed by atoms with E-state index in [1.807, 2.05) is 6.92 Å². The van der Waals surface area contributed by atoms with Crippen LogP contribution in [0.1, 0.15) is 51.0 Å². The van der Waals surface area contributed by atoms with Crippen LogP contribution in [0.25, 0.3) is 11.2 Å². The van der Waals surface area contributed by atoms with Gasteiger partial charge in [-0.2, -0.15) is 0 Å². The van der Waals surface area contributed by atoms with E-state index in [2.05, 4.69) is 46.0 Å². The molecule has 3 heterocycles. The SMILES string of the molecule is Cc1nc(CC(C)(C)C)c2[nH]c(Cn3cccc(NC(=O)C(CC/C=C/C(=O)N(C)C)OC(=O)N(C)C)c3=O)nc2n1. The average Bonchev–Trinajstić information content (AvgIpc) is 3.29. The fraction of sp³-hybridized carbons (Fsp3) is 0.483. The molecule has 42 heavy (non-hydrogen) atoms. The van der Waals surface area contributed by atoms with Crippen molar-refractivity contribution in [1.29, 1.82) is 0 Å². The highest BCUT2D eigenvalue weighted by Gasteiger charge is 2.25. The fourth-order valence-corrected chi connectivity index (χ4v) is 4.01. The zero-order chi connectivity index (χ0) is 31.2. The standard InChI is InChI=1S/C29H40N8O5/c1-18-30-20(16-29(2,3)4)24-25(31-18)34-22(33-24)17-37-15-11-12-19(27(37)40)32-26(39)21(42-28(41)36(7)8)13-9-10-14-23(38)35(5)6/h10-12,14-15,21H,9,13,16-17H2,1-8H3,(H,32,39)(H,30,31,33,34)/b14-10+. The quantitative estimate of drug-likeness (QED) is 0.347. The summed E-state index contributed by atoms with van der Waals surface area (Å²) in [5.74, 6) is 0.269. The molecule has 0 bridgehead atoms. The van der Waals surface area contributed by atoms with Crippen molar-refractivity contribution in [2.24, 2.45) is 5.41 Å². The van der Waals surface area contributed by atoms with Crippen LogP contribution in [-0.4, -0.2) is 86.5 Å². The maximum Gasteiger partial charge on any atom is 0.410 e. The third kappa shape index (κ3) is 8.72. The van der Waals surface area contributed by atoms with Crippen LogP contribution < -0.4 is 10.9 Å². The van der Waals surface area contributed by atoms with Crippen molar-refractivity contribution in [2.75, 3.05) is 33.5 Å². The Morgan fingerprint density at radius 2 is 1.83 bits per heavy atom. The first-order chi connectivity index (χ1) is 19.6.